The van der Waals surface area contributed by atoms with Crippen molar-refractivity contribution in [3.05, 3.63) is 89.0 Å². The highest BCUT2D eigenvalue weighted by atomic mass is 16.2. The molecule has 3 rings (SSSR count). The van der Waals surface area contributed by atoms with Gasteiger partial charge in [-0.15, -0.1) is 0 Å². The number of benzene rings is 1. The zero-order valence-electron chi connectivity index (χ0n) is 15.2. The van der Waals surface area contributed by atoms with Crippen LogP contribution in [0, 0.1) is 13.8 Å². The molecule has 6 nitrogen and oxygen atoms in total. The molecule has 0 atom stereocenters. The number of amides is 2. The average molecular weight is 360 g/mol. The molecule has 0 radical (unpaired) electrons. The van der Waals surface area contributed by atoms with E-state index in [-0.39, 0.29) is 11.8 Å². The first-order valence-corrected chi connectivity index (χ1v) is 8.55. The van der Waals surface area contributed by atoms with Crippen molar-refractivity contribution in [1.29, 1.82) is 0 Å². The molecule has 0 aliphatic heterocycles. The summed E-state index contributed by atoms with van der Waals surface area (Å²) in [6.45, 7) is 4.24. The average Bonchev–Trinajstić information content (AvgIpc) is 2.70. The van der Waals surface area contributed by atoms with E-state index in [0.29, 0.717) is 17.7 Å². The highest BCUT2D eigenvalue weighted by Crippen LogP contribution is 2.19. The molecule has 0 spiro atoms. The number of carbonyl (C=O) groups excluding carboxylic acids is 2. The maximum Gasteiger partial charge on any atom is 0.257 e. The van der Waals surface area contributed by atoms with Gasteiger partial charge >= 0.3 is 0 Å². The van der Waals surface area contributed by atoms with E-state index >= 15 is 0 Å². The summed E-state index contributed by atoms with van der Waals surface area (Å²) >= 11 is 0. The van der Waals surface area contributed by atoms with Gasteiger partial charge in [0.15, 0.2) is 0 Å². The lowest BCUT2D eigenvalue weighted by Crippen LogP contribution is -2.24. The molecule has 0 aliphatic rings. The number of carbonyl (C=O) groups is 2. The Labute approximate surface area is 157 Å². The molecule has 0 unspecified atom stereocenters. The Morgan fingerprint density at radius 1 is 0.963 bits per heavy atom. The second kappa shape index (κ2) is 8.23. The van der Waals surface area contributed by atoms with Gasteiger partial charge in [-0.05, 0) is 49.2 Å². The summed E-state index contributed by atoms with van der Waals surface area (Å²) in [4.78, 5) is 33.1. The third kappa shape index (κ3) is 4.55. The maximum absolute atomic E-state index is 12.5. The monoisotopic (exact) mass is 360 g/mol. The van der Waals surface area contributed by atoms with Gasteiger partial charge in [0.1, 0.15) is 0 Å². The second-order valence-electron chi connectivity index (χ2n) is 6.17. The van der Waals surface area contributed by atoms with E-state index in [1.54, 1.807) is 6.20 Å². The van der Waals surface area contributed by atoms with Crippen molar-refractivity contribution >= 4 is 17.5 Å². The van der Waals surface area contributed by atoms with Gasteiger partial charge in [0.25, 0.3) is 11.8 Å². The normalized spacial score (nSPS) is 10.3. The largest absolute Gasteiger partial charge is 0.346 e. The van der Waals surface area contributed by atoms with Crippen LogP contribution in [0.5, 0.6) is 0 Å². The molecule has 2 amide bonds. The minimum atomic E-state index is -0.311. The maximum atomic E-state index is 12.5. The smallest absolute Gasteiger partial charge is 0.257 e. The van der Waals surface area contributed by atoms with Gasteiger partial charge in [-0.1, -0.05) is 18.2 Å². The Balaban J connectivity index is 1.70. The SMILES string of the molecule is Cc1cccc(NC(=O)c2cncc(C(=O)NCc3ccccn3)c2)c1C. The Morgan fingerprint density at radius 3 is 2.48 bits per heavy atom. The van der Waals surface area contributed by atoms with Crippen LogP contribution >= 0.6 is 0 Å². The van der Waals surface area contributed by atoms with E-state index in [1.807, 2.05) is 50.2 Å². The van der Waals surface area contributed by atoms with Gasteiger partial charge in [0.05, 0.1) is 23.4 Å². The van der Waals surface area contributed by atoms with Gasteiger partial charge in [0.2, 0.25) is 0 Å². The first-order chi connectivity index (χ1) is 13.0. The van der Waals surface area contributed by atoms with Crippen LogP contribution in [-0.4, -0.2) is 21.8 Å². The van der Waals surface area contributed by atoms with Crippen LogP contribution in [0.2, 0.25) is 0 Å². The number of hydrogen-bond acceptors (Lipinski definition) is 4. The van der Waals surface area contributed by atoms with E-state index in [9.17, 15) is 9.59 Å². The molecule has 0 fully saturated rings. The van der Waals surface area contributed by atoms with E-state index in [1.165, 1.54) is 18.5 Å². The molecule has 2 N–H and O–H groups in total. The molecule has 0 saturated heterocycles. The first kappa shape index (κ1) is 18.3. The molecule has 0 bridgehead atoms. The highest BCUT2D eigenvalue weighted by molar-refractivity contribution is 6.06. The summed E-state index contributed by atoms with van der Waals surface area (Å²) in [5.74, 6) is -0.620. The van der Waals surface area contributed by atoms with Crippen LogP contribution in [0.3, 0.4) is 0 Å². The second-order valence-corrected chi connectivity index (χ2v) is 6.17. The minimum Gasteiger partial charge on any atom is -0.346 e. The topological polar surface area (TPSA) is 84.0 Å². The van der Waals surface area contributed by atoms with Crippen LogP contribution in [0.4, 0.5) is 5.69 Å². The number of rotatable bonds is 5. The molecule has 136 valence electrons. The van der Waals surface area contributed by atoms with Crippen LogP contribution in [0.15, 0.2) is 61.1 Å². The van der Waals surface area contributed by atoms with Crippen molar-refractivity contribution in [3.8, 4) is 0 Å². The number of pyridine rings is 2. The number of nitrogens with zero attached hydrogens (tertiary/aromatic N) is 2. The predicted octanol–water partition coefficient (Wildman–Crippen LogP) is 3.28. The molecule has 2 heterocycles. The van der Waals surface area contributed by atoms with Crippen molar-refractivity contribution in [1.82, 2.24) is 15.3 Å². The lowest BCUT2D eigenvalue weighted by molar-refractivity contribution is 0.0950. The van der Waals surface area contributed by atoms with Crippen LogP contribution in [0.1, 0.15) is 37.5 Å². The number of nitrogens with one attached hydrogen (secondary N) is 2. The van der Waals surface area contributed by atoms with Crippen molar-refractivity contribution in [2.45, 2.75) is 20.4 Å². The zero-order chi connectivity index (χ0) is 19.2. The van der Waals surface area contributed by atoms with Crippen LogP contribution in [-0.2, 0) is 6.54 Å². The number of aryl methyl sites for hydroxylation is 1. The van der Waals surface area contributed by atoms with Crippen molar-refractivity contribution in [2.75, 3.05) is 5.32 Å². The van der Waals surface area contributed by atoms with Crippen LogP contribution in [0.25, 0.3) is 0 Å². The van der Waals surface area contributed by atoms with Crippen molar-refractivity contribution in [2.24, 2.45) is 0 Å². The van der Waals surface area contributed by atoms with Gasteiger partial charge in [-0.3, -0.25) is 19.6 Å². The van der Waals surface area contributed by atoms with Gasteiger partial charge < -0.3 is 10.6 Å². The standard InChI is InChI=1S/C21H20N4O2/c1-14-6-5-8-19(15(14)2)25-21(27)17-10-16(11-22-12-17)20(26)24-13-18-7-3-4-9-23-18/h3-12H,13H2,1-2H3,(H,24,26)(H,25,27). The van der Waals surface area contributed by atoms with Crippen molar-refractivity contribution in [3.63, 3.8) is 0 Å². The quantitative estimate of drug-likeness (QED) is 0.731. The number of aromatic nitrogens is 2. The predicted molar refractivity (Wildman–Crippen MR) is 104 cm³/mol. The zero-order valence-corrected chi connectivity index (χ0v) is 15.2. The fraction of sp³-hybridized carbons (Fsp3) is 0.143. The van der Waals surface area contributed by atoms with Crippen LogP contribution < -0.4 is 10.6 Å². The summed E-state index contributed by atoms with van der Waals surface area (Å²) in [6, 6.07) is 12.7. The Hall–Kier alpha value is -3.54. The third-order valence-electron chi connectivity index (χ3n) is 4.27. The summed E-state index contributed by atoms with van der Waals surface area (Å²) in [5, 5.41) is 5.65. The summed E-state index contributed by atoms with van der Waals surface area (Å²) in [6.07, 6.45) is 4.54. The Bertz CT molecular complexity index is 971. The number of anilines is 1. The van der Waals surface area contributed by atoms with Gasteiger partial charge in [-0.2, -0.15) is 0 Å². The third-order valence-corrected chi connectivity index (χ3v) is 4.27. The number of hydrogen-bond donors (Lipinski definition) is 2. The fourth-order valence-electron chi connectivity index (χ4n) is 2.54. The molecule has 2 aromatic heterocycles. The molecule has 6 heteroatoms. The molecule has 27 heavy (non-hydrogen) atoms. The Morgan fingerprint density at radius 2 is 1.74 bits per heavy atom. The minimum absolute atomic E-state index is 0.304. The van der Waals surface area contributed by atoms with E-state index in [0.717, 1.165) is 22.5 Å². The highest BCUT2D eigenvalue weighted by Gasteiger charge is 2.13. The van der Waals surface area contributed by atoms with Gasteiger partial charge in [-0.25, -0.2) is 0 Å². The van der Waals surface area contributed by atoms with E-state index in [4.69, 9.17) is 0 Å². The molecule has 0 aliphatic carbocycles. The summed E-state index contributed by atoms with van der Waals surface area (Å²) < 4.78 is 0. The summed E-state index contributed by atoms with van der Waals surface area (Å²) in [7, 11) is 0. The molecule has 0 saturated carbocycles. The Kier molecular flexibility index (Phi) is 5.56. The molecular weight excluding hydrogens is 340 g/mol. The van der Waals surface area contributed by atoms with E-state index in [2.05, 4.69) is 20.6 Å². The molecular formula is C21H20N4O2. The van der Waals surface area contributed by atoms with E-state index < -0.39 is 0 Å². The summed E-state index contributed by atoms with van der Waals surface area (Å²) in [5.41, 5.74) is 4.23. The molecule has 1 aromatic carbocycles. The lowest BCUT2D eigenvalue weighted by Gasteiger charge is -2.11. The van der Waals surface area contributed by atoms with Crippen molar-refractivity contribution < 1.29 is 9.59 Å². The lowest BCUT2D eigenvalue weighted by atomic mass is 10.1. The fourth-order valence-corrected chi connectivity index (χ4v) is 2.54. The molecule has 3 aromatic rings. The first-order valence-electron chi connectivity index (χ1n) is 8.55. The van der Waals surface area contributed by atoms with Gasteiger partial charge in [0, 0.05) is 24.3 Å².